The molecule has 2 aromatic carbocycles. The standard InChI is InChI=1S/C18H14ClN3O3/c19-15-13-6-1-2-7-14(13)21-16(15)17(23)20-11-4-3-5-12(10-11)22-8-9-25-18(22)24/h1-7,10,21H,8-9H2,(H,20,23). The molecule has 0 spiro atoms. The second kappa shape index (κ2) is 6.14. The number of carbonyl (C=O) groups is 2. The Morgan fingerprint density at radius 1 is 1.20 bits per heavy atom. The van der Waals surface area contributed by atoms with E-state index in [1.54, 1.807) is 24.3 Å². The summed E-state index contributed by atoms with van der Waals surface area (Å²) in [4.78, 5) is 28.8. The van der Waals surface area contributed by atoms with Gasteiger partial charge >= 0.3 is 6.09 Å². The summed E-state index contributed by atoms with van der Waals surface area (Å²) < 4.78 is 4.94. The number of carbonyl (C=O) groups excluding carboxylic acids is 2. The van der Waals surface area contributed by atoms with Crippen LogP contribution in [-0.2, 0) is 4.74 Å². The van der Waals surface area contributed by atoms with Gasteiger partial charge in [-0.2, -0.15) is 0 Å². The Balaban J connectivity index is 1.60. The zero-order valence-electron chi connectivity index (χ0n) is 13.1. The molecule has 2 amide bonds. The lowest BCUT2D eigenvalue weighted by molar-refractivity contribution is 0.102. The summed E-state index contributed by atoms with van der Waals surface area (Å²) in [6.07, 6.45) is -0.387. The normalized spacial score (nSPS) is 14.0. The number of rotatable bonds is 3. The van der Waals surface area contributed by atoms with E-state index in [1.165, 1.54) is 4.90 Å². The van der Waals surface area contributed by atoms with E-state index >= 15 is 0 Å². The average Bonchev–Trinajstić information content (AvgIpc) is 3.19. The number of aromatic amines is 1. The number of aromatic nitrogens is 1. The molecule has 1 aliphatic rings. The summed E-state index contributed by atoms with van der Waals surface area (Å²) in [6.45, 7) is 0.851. The Morgan fingerprint density at radius 3 is 2.80 bits per heavy atom. The predicted molar refractivity (Wildman–Crippen MR) is 96.4 cm³/mol. The number of nitrogens with zero attached hydrogens (tertiary/aromatic N) is 1. The van der Waals surface area contributed by atoms with E-state index < -0.39 is 0 Å². The van der Waals surface area contributed by atoms with E-state index in [-0.39, 0.29) is 12.0 Å². The third-order valence-electron chi connectivity index (χ3n) is 4.05. The maximum atomic E-state index is 12.6. The van der Waals surface area contributed by atoms with Crippen LogP contribution in [-0.4, -0.2) is 30.1 Å². The van der Waals surface area contributed by atoms with Gasteiger partial charge in [-0.15, -0.1) is 0 Å². The lowest BCUT2D eigenvalue weighted by atomic mass is 10.2. The molecular formula is C18H14ClN3O3. The molecule has 1 aromatic heterocycles. The molecule has 1 fully saturated rings. The van der Waals surface area contributed by atoms with Crippen molar-refractivity contribution in [1.29, 1.82) is 0 Å². The van der Waals surface area contributed by atoms with Crippen LogP contribution in [0.3, 0.4) is 0 Å². The van der Waals surface area contributed by atoms with Gasteiger partial charge in [0.2, 0.25) is 0 Å². The van der Waals surface area contributed by atoms with Gasteiger partial charge in [0.05, 0.1) is 11.6 Å². The zero-order valence-corrected chi connectivity index (χ0v) is 13.8. The van der Waals surface area contributed by atoms with E-state index in [1.807, 2.05) is 24.3 Å². The molecule has 0 bridgehead atoms. The fourth-order valence-corrected chi connectivity index (χ4v) is 3.14. The highest BCUT2D eigenvalue weighted by Crippen LogP contribution is 2.28. The Morgan fingerprint density at radius 2 is 2.04 bits per heavy atom. The van der Waals surface area contributed by atoms with E-state index in [0.29, 0.717) is 35.2 Å². The summed E-state index contributed by atoms with van der Waals surface area (Å²) in [7, 11) is 0. The molecule has 0 saturated carbocycles. The van der Waals surface area contributed by atoms with E-state index in [9.17, 15) is 9.59 Å². The molecule has 1 aliphatic heterocycles. The zero-order chi connectivity index (χ0) is 17.4. The maximum absolute atomic E-state index is 12.6. The van der Waals surface area contributed by atoms with Crippen molar-refractivity contribution < 1.29 is 14.3 Å². The van der Waals surface area contributed by atoms with Crippen molar-refractivity contribution in [2.24, 2.45) is 0 Å². The predicted octanol–water partition coefficient (Wildman–Crippen LogP) is 4.03. The van der Waals surface area contributed by atoms with Crippen molar-refractivity contribution in [1.82, 2.24) is 4.98 Å². The number of halogens is 1. The second-order valence-corrected chi connectivity index (χ2v) is 6.01. The maximum Gasteiger partial charge on any atom is 0.414 e. The number of para-hydroxylation sites is 1. The fraction of sp³-hybridized carbons (Fsp3) is 0.111. The molecule has 7 heteroatoms. The fourth-order valence-electron chi connectivity index (χ4n) is 2.84. The van der Waals surface area contributed by atoms with Crippen LogP contribution in [0, 0.1) is 0 Å². The molecule has 6 nitrogen and oxygen atoms in total. The minimum absolute atomic E-state index is 0.300. The van der Waals surface area contributed by atoms with Gasteiger partial charge in [0, 0.05) is 22.3 Å². The Kier molecular flexibility index (Phi) is 3.82. The summed E-state index contributed by atoms with van der Waals surface area (Å²) in [5.74, 6) is -0.345. The van der Waals surface area contributed by atoms with E-state index in [4.69, 9.17) is 16.3 Å². The van der Waals surface area contributed by atoms with Crippen molar-refractivity contribution in [3.05, 3.63) is 59.2 Å². The first-order valence-electron chi connectivity index (χ1n) is 7.75. The summed E-state index contributed by atoms with van der Waals surface area (Å²) in [5, 5.41) is 3.98. The Hall–Kier alpha value is -2.99. The van der Waals surface area contributed by atoms with Crippen LogP contribution in [0.25, 0.3) is 10.9 Å². The molecule has 0 radical (unpaired) electrons. The number of fused-ring (bicyclic) bond motifs is 1. The third kappa shape index (κ3) is 2.81. The van der Waals surface area contributed by atoms with Crippen LogP contribution in [0.15, 0.2) is 48.5 Å². The number of anilines is 2. The number of benzene rings is 2. The number of hydrogen-bond acceptors (Lipinski definition) is 3. The Bertz CT molecular complexity index is 983. The van der Waals surface area contributed by atoms with Crippen LogP contribution in [0.1, 0.15) is 10.5 Å². The minimum Gasteiger partial charge on any atom is -0.447 e. The number of amides is 2. The van der Waals surface area contributed by atoms with Crippen molar-refractivity contribution in [2.45, 2.75) is 0 Å². The molecule has 1 saturated heterocycles. The summed E-state index contributed by atoms with van der Waals surface area (Å²) >= 11 is 6.31. The van der Waals surface area contributed by atoms with Gasteiger partial charge in [0.25, 0.3) is 5.91 Å². The molecular weight excluding hydrogens is 342 g/mol. The van der Waals surface area contributed by atoms with Crippen LogP contribution in [0.2, 0.25) is 5.02 Å². The van der Waals surface area contributed by atoms with Gasteiger partial charge in [-0.3, -0.25) is 9.69 Å². The molecule has 0 atom stereocenters. The van der Waals surface area contributed by atoms with Crippen molar-refractivity contribution in [2.75, 3.05) is 23.4 Å². The van der Waals surface area contributed by atoms with Crippen LogP contribution in [0.5, 0.6) is 0 Å². The molecule has 3 aromatic rings. The number of hydrogen-bond donors (Lipinski definition) is 2. The van der Waals surface area contributed by atoms with E-state index in [0.717, 1.165) is 10.9 Å². The highest BCUT2D eigenvalue weighted by atomic mass is 35.5. The van der Waals surface area contributed by atoms with Crippen molar-refractivity contribution in [3.8, 4) is 0 Å². The molecule has 2 N–H and O–H groups in total. The first-order chi connectivity index (χ1) is 12.1. The summed E-state index contributed by atoms with van der Waals surface area (Å²) in [5.41, 5.74) is 2.33. The van der Waals surface area contributed by atoms with Gasteiger partial charge in [-0.1, -0.05) is 35.9 Å². The van der Waals surface area contributed by atoms with Gasteiger partial charge < -0.3 is 15.0 Å². The number of cyclic esters (lactones) is 1. The molecule has 126 valence electrons. The van der Waals surface area contributed by atoms with Crippen LogP contribution >= 0.6 is 11.6 Å². The van der Waals surface area contributed by atoms with Crippen LogP contribution < -0.4 is 10.2 Å². The highest BCUT2D eigenvalue weighted by Gasteiger charge is 2.24. The lowest BCUT2D eigenvalue weighted by Crippen LogP contribution is -2.23. The minimum atomic E-state index is -0.387. The largest absolute Gasteiger partial charge is 0.447 e. The first-order valence-corrected chi connectivity index (χ1v) is 8.13. The molecule has 4 rings (SSSR count). The van der Waals surface area contributed by atoms with Gasteiger partial charge in [0.1, 0.15) is 12.3 Å². The third-order valence-corrected chi connectivity index (χ3v) is 4.44. The van der Waals surface area contributed by atoms with E-state index in [2.05, 4.69) is 10.3 Å². The number of ether oxygens (including phenoxy) is 1. The highest BCUT2D eigenvalue weighted by molar-refractivity contribution is 6.39. The van der Waals surface area contributed by atoms with Crippen molar-refractivity contribution in [3.63, 3.8) is 0 Å². The van der Waals surface area contributed by atoms with Crippen LogP contribution in [0.4, 0.5) is 16.2 Å². The van der Waals surface area contributed by atoms with Gasteiger partial charge in [-0.25, -0.2) is 4.79 Å². The molecule has 25 heavy (non-hydrogen) atoms. The van der Waals surface area contributed by atoms with Crippen molar-refractivity contribution >= 4 is 45.9 Å². The molecule has 2 heterocycles. The number of nitrogens with one attached hydrogen (secondary N) is 2. The monoisotopic (exact) mass is 355 g/mol. The summed E-state index contributed by atoms with van der Waals surface area (Å²) in [6, 6.07) is 14.5. The second-order valence-electron chi connectivity index (χ2n) is 5.63. The topological polar surface area (TPSA) is 74.4 Å². The smallest absolute Gasteiger partial charge is 0.414 e. The molecule has 0 aliphatic carbocycles. The first kappa shape index (κ1) is 15.5. The number of H-pyrrole nitrogens is 1. The van der Waals surface area contributed by atoms with Gasteiger partial charge in [-0.05, 0) is 24.3 Å². The average molecular weight is 356 g/mol. The SMILES string of the molecule is O=C(Nc1cccc(N2CCOC2=O)c1)c1[nH]c2ccccc2c1Cl. The van der Waals surface area contributed by atoms with Gasteiger partial charge in [0.15, 0.2) is 0 Å². The quantitative estimate of drug-likeness (QED) is 0.744. The molecule has 0 unspecified atom stereocenters. The Labute approximate surface area is 148 Å². The lowest BCUT2D eigenvalue weighted by Gasteiger charge is -2.14.